The second-order valence-electron chi connectivity index (χ2n) is 5.66. The molecule has 1 rings (SSSR count). The lowest BCUT2D eigenvalue weighted by Crippen LogP contribution is -2.62. The van der Waals surface area contributed by atoms with Crippen LogP contribution < -0.4 is 10.6 Å². The Morgan fingerprint density at radius 1 is 1.47 bits per heavy atom. The van der Waals surface area contributed by atoms with E-state index in [9.17, 15) is 4.79 Å². The second-order valence-corrected chi connectivity index (χ2v) is 5.66. The van der Waals surface area contributed by atoms with E-state index in [0.29, 0.717) is 18.7 Å². The topological polar surface area (TPSA) is 50.4 Å². The summed E-state index contributed by atoms with van der Waals surface area (Å²) in [5, 5.41) is 6.19. The molecule has 0 aromatic heterocycles. The normalized spacial score (nSPS) is 26.7. The highest BCUT2D eigenvalue weighted by Gasteiger charge is 2.48. The van der Waals surface area contributed by atoms with E-state index in [0.717, 1.165) is 13.0 Å². The van der Waals surface area contributed by atoms with Crippen LogP contribution in [0.1, 0.15) is 41.0 Å². The van der Waals surface area contributed by atoms with Crippen molar-refractivity contribution in [1.29, 1.82) is 0 Å². The lowest BCUT2D eigenvalue weighted by molar-refractivity contribution is -0.126. The number of carbonyl (C=O) groups excluding carboxylic acids is 1. The van der Waals surface area contributed by atoms with Crippen molar-refractivity contribution in [2.45, 2.75) is 59.2 Å². The monoisotopic (exact) mass is 242 g/mol. The summed E-state index contributed by atoms with van der Waals surface area (Å²) in [6, 6.07) is 0.576. The second kappa shape index (κ2) is 5.83. The van der Waals surface area contributed by atoms with Crippen LogP contribution in [0.25, 0.3) is 0 Å². The fourth-order valence-corrected chi connectivity index (χ4v) is 2.30. The van der Waals surface area contributed by atoms with E-state index < -0.39 is 0 Å². The summed E-state index contributed by atoms with van der Waals surface area (Å²) in [4.78, 5) is 11.5. The van der Waals surface area contributed by atoms with Crippen molar-refractivity contribution >= 4 is 5.91 Å². The van der Waals surface area contributed by atoms with E-state index in [2.05, 4.69) is 24.5 Å². The van der Waals surface area contributed by atoms with Crippen LogP contribution in [0.2, 0.25) is 0 Å². The number of ether oxygens (including phenoxy) is 1. The van der Waals surface area contributed by atoms with Gasteiger partial charge in [0, 0.05) is 24.1 Å². The fourth-order valence-electron chi connectivity index (χ4n) is 2.30. The molecular formula is C13H26N2O2. The van der Waals surface area contributed by atoms with Crippen LogP contribution in [0.3, 0.4) is 0 Å². The van der Waals surface area contributed by atoms with Gasteiger partial charge in [-0.2, -0.15) is 0 Å². The van der Waals surface area contributed by atoms with E-state index in [4.69, 9.17) is 4.74 Å². The van der Waals surface area contributed by atoms with Crippen LogP contribution >= 0.6 is 0 Å². The number of hydrogen-bond donors (Lipinski definition) is 2. The summed E-state index contributed by atoms with van der Waals surface area (Å²) < 4.78 is 5.65. The van der Waals surface area contributed by atoms with Crippen molar-refractivity contribution in [2.75, 3.05) is 13.2 Å². The molecule has 4 heteroatoms. The molecule has 0 aromatic carbocycles. The van der Waals surface area contributed by atoms with Gasteiger partial charge < -0.3 is 15.4 Å². The molecule has 0 bridgehead atoms. The molecule has 0 aromatic rings. The molecule has 0 saturated heterocycles. The van der Waals surface area contributed by atoms with Crippen molar-refractivity contribution in [3.63, 3.8) is 0 Å². The molecule has 2 atom stereocenters. The van der Waals surface area contributed by atoms with Gasteiger partial charge in [0.2, 0.25) is 5.91 Å². The third-order valence-corrected chi connectivity index (χ3v) is 3.50. The van der Waals surface area contributed by atoms with Gasteiger partial charge in [-0.25, -0.2) is 0 Å². The van der Waals surface area contributed by atoms with Crippen molar-refractivity contribution in [2.24, 2.45) is 5.41 Å². The Bertz CT molecular complexity index is 264. The van der Waals surface area contributed by atoms with Gasteiger partial charge in [0.25, 0.3) is 0 Å². The van der Waals surface area contributed by atoms with Gasteiger partial charge in [-0.15, -0.1) is 0 Å². The number of carbonyl (C=O) groups is 1. The first-order valence-electron chi connectivity index (χ1n) is 6.52. The van der Waals surface area contributed by atoms with Crippen LogP contribution in [0.15, 0.2) is 0 Å². The Kier molecular flexibility index (Phi) is 4.95. The molecule has 1 saturated carbocycles. The van der Waals surface area contributed by atoms with Gasteiger partial charge in [-0.3, -0.25) is 4.79 Å². The molecule has 1 aliphatic rings. The zero-order chi connectivity index (χ0) is 13.1. The van der Waals surface area contributed by atoms with Gasteiger partial charge in [0.15, 0.2) is 0 Å². The van der Waals surface area contributed by atoms with E-state index in [1.54, 1.807) is 0 Å². The average Bonchev–Trinajstić information content (AvgIpc) is 2.21. The average molecular weight is 242 g/mol. The molecule has 0 unspecified atom stereocenters. The summed E-state index contributed by atoms with van der Waals surface area (Å²) in [7, 11) is 0. The molecule has 1 amide bonds. The standard InChI is InChI=1S/C13H26N2O2/c1-6-17-11-7-10(13(11,4)5)14-8-12(16)15-9(2)3/h9-11,14H,6-8H2,1-5H3,(H,15,16)/t10-,11+/m1/s1. The van der Waals surface area contributed by atoms with Gasteiger partial charge >= 0.3 is 0 Å². The molecule has 1 fully saturated rings. The first-order chi connectivity index (χ1) is 7.87. The third kappa shape index (κ3) is 3.68. The molecule has 1 aliphatic carbocycles. The van der Waals surface area contributed by atoms with Crippen LogP contribution in [-0.4, -0.2) is 37.2 Å². The Morgan fingerprint density at radius 2 is 2.12 bits per heavy atom. The maximum atomic E-state index is 11.5. The SMILES string of the molecule is CCO[C@H]1C[C@@H](NCC(=O)NC(C)C)C1(C)C. The van der Waals surface area contributed by atoms with Crippen molar-refractivity contribution in [3.8, 4) is 0 Å². The first-order valence-corrected chi connectivity index (χ1v) is 6.52. The summed E-state index contributed by atoms with van der Waals surface area (Å²) in [5.41, 5.74) is 0.119. The number of amides is 1. The molecule has 4 nitrogen and oxygen atoms in total. The van der Waals surface area contributed by atoms with Crippen LogP contribution in [0.5, 0.6) is 0 Å². The molecule has 2 N–H and O–H groups in total. The zero-order valence-corrected chi connectivity index (χ0v) is 11.7. The lowest BCUT2D eigenvalue weighted by Gasteiger charge is -2.51. The molecule has 100 valence electrons. The van der Waals surface area contributed by atoms with Crippen molar-refractivity contribution in [1.82, 2.24) is 10.6 Å². The number of rotatable bonds is 6. The van der Waals surface area contributed by atoms with E-state index >= 15 is 0 Å². The minimum absolute atomic E-state index is 0.0654. The molecule has 17 heavy (non-hydrogen) atoms. The van der Waals surface area contributed by atoms with Crippen molar-refractivity contribution < 1.29 is 9.53 Å². The predicted octanol–water partition coefficient (Wildman–Crippen LogP) is 1.30. The van der Waals surface area contributed by atoms with Crippen LogP contribution in [0, 0.1) is 5.41 Å². The summed E-state index contributed by atoms with van der Waals surface area (Å²) >= 11 is 0. The highest BCUT2D eigenvalue weighted by molar-refractivity contribution is 5.78. The largest absolute Gasteiger partial charge is 0.378 e. The fraction of sp³-hybridized carbons (Fsp3) is 0.923. The van der Waals surface area contributed by atoms with E-state index in [-0.39, 0.29) is 17.4 Å². The maximum Gasteiger partial charge on any atom is 0.234 e. The first kappa shape index (κ1) is 14.5. The smallest absolute Gasteiger partial charge is 0.234 e. The molecule has 0 spiro atoms. The number of nitrogens with one attached hydrogen (secondary N) is 2. The Balaban J connectivity index is 2.28. The highest BCUT2D eigenvalue weighted by atomic mass is 16.5. The summed E-state index contributed by atoms with van der Waals surface area (Å²) in [6.07, 6.45) is 1.31. The highest BCUT2D eigenvalue weighted by Crippen LogP contribution is 2.42. The molecule has 0 heterocycles. The Hall–Kier alpha value is -0.610. The van der Waals surface area contributed by atoms with E-state index in [1.165, 1.54) is 0 Å². The zero-order valence-electron chi connectivity index (χ0n) is 11.7. The van der Waals surface area contributed by atoms with E-state index in [1.807, 2.05) is 20.8 Å². The minimum atomic E-state index is 0.0654. The Morgan fingerprint density at radius 3 is 2.59 bits per heavy atom. The van der Waals surface area contributed by atoms with Gasteiger partial charge in [0.05, 0.1) is 12.6 Å². The molecule has 0 aliphatic heterocycles. The van der Waals surface area contributed by atoms with Gasteiger partial charge in [-0.1, -0.05) is 13.8 Å². The maximum absolute atomic E-state index is 11.5. The molecular weight excluding hydrogens is 216 g/mol. The van der Waals surface area contributed by atoms with Gasteiger partial charge in [0.1, 0.15) is 0 Å². The Labute approximate surface area is 104 Å². The number of hydrogen-bond acceptors (Lipinski definition) is 3. The minimum Gasteiger partial charge on any atom is -0.378 e. The lowest BCUT2D eigenvalue weighted by atomic mass is 9.64. The third-order valence-electron chi connectivity index (χ3n) is 3.50. The summed E-state index contributed by atoms with van der Waals surface area (Å²) in [5.74, 6) is 0.0654. The molecule has 0 radical (unpaired) electrons. The van der Waals surface area contributed by atoms with Gasteiger partial charge in [-0.05, 0) is 27.2 Å². The predicted molar refractivity (Wildman–Crippen MR) is 68.9 cm³/mol. The van der Waals surface area contributed by atoms with Crippen LogP contribution in [0.4, 0.5) is 0 Å². The van der Waals surface area contributed by atoms with Crippen molar-refractivity contribution in [3.05, 3.63) is 0 Å². The summed E-state index contributed by atoms with van der Waals surface area (Å²) in [6.45, 7) is 11.5. The van der Waals surface area contributed by atoms with Crippen LogP contribution in [-0.2, 0) is 9.53 Å². The quantitative estimate of drug-likeness (QED) is 0.738.